The molecular weight excluding hydrogens is 586 g/mol. The predicted molar refractivity (Wildman–Crippen MR) is 143 cm³/mol. The molecular formula is C26H21Cl2IN2O3. The van der Waals surface area contributed by atoms with Crippen LogP contribution in [0.2, 0.25) is 10.0 Å². The maximum absolute atomic E-state index is 12.7. The second-order valence-electron chi connectivity index (χ2n) is 7.35. The molecule has 174 valence electrons. The number of benzene rings is 3. The Bertz CT molecular complexity index is 1260. The number of methoxy groups -OCH3 is 1. The molecule has 0 aliphatic rings. The first-order valence-electron chi connectivity index (χ1n) is 10.2. The average Bonchev–Trinajstić information content (AvgIpc) is 2.84. The number of nitrogens with one attached hydrogen (secondary N) is 1. The van der Waals surface area contributed by atoms with Crippen molar-refractivity contribution in [1.29, 1.82) is 5.26 Å². The zero-order valence-corrected chi connectivity index (χ0v) is 22.1. The highest BCUT2D eigenvalue weighted by Gasteiger charge is 2.16. The molecule has 1 N–H and O–H groups in total. The minimum atomic E-state index is -0.451. The van der Waals surface area contributed by atoms with Gasteiger partial charge in [-0.3, -0.25) is 4.79 Å². The number of amides is 1. The van der Waals surface area contributed by atoms with E-state index in [4.69, 9.17) is 32.7 Å². The molecule has 1 amide bonds. The highest BCUT2D eigenvalue weighted by atomic mass is 127. The number of carbonyl (C=O) groups excluding carboxylic acids is 1. The molecule has 0 spiro atoms. The van der Waals surface area contributed by atoms with Crippen molar-refractivity contribution in [1.82, 2.24) is 5.32 Å². The SMILES string of the molecule is COc1cc(/C=C(/C#N)C(=O)N[C@@H](C)c2ccccc2)cc(I)c1OCc1ccc(Cl)c(Cl)c1. The van der Waals surface area contributed by atoms with Crippen molar-refractivity contribution in [3.63, 3.8) is 0 Å². The molecule has 3 rings (SSSR count). The summed E-state index contributed by atoms with van der Waals surface area (Å²) in [6, 6.07) is 20.1. The second kappa shape index (κ2) is 12.1. The quantitative estimate of drug-likeness (QED) is 0.171. The molecule has 34 heavy (non-hydrogen) atoms. The van der Waals surface area contributed by atoms with Crippen LogP contribution in [-0.4, -0.2) is 13.0 Å². The number of nitrogens with zero attached hydrogens (tertiary/aromatic N) is 1. The summed E-state index contributed by atoms with van der Waals surface area (Å²) < 4.78 is 12.2. The Morgan fingerprint density at radius 2 is 1.88 bits per heavy atom. The minimum Gasteiger partial charge on any atom is -0.493 e. The van der Waals surface area contributed by atoms with Crippen LogP contribution in [0.15, 0.2) is 66.2 Å². The van der Waals surface area contributed by atoms with Crippen LogP contribution in [0.4, 0.5) is 0 Å². The predicted octanol–water partition coefficient (Wildman–Crippen LogP) is 6.97. The summed E-state index contributed by atoms with van der Waals surface area (Å²) in [7, 11) is 1.53. The van der Waals surface area contributed by atoms with Gasteiger partial charge in [-0.15, -0.1) is 0 Å². The second-order valence-corrected chi connectivity index (χ2v) is 9.32. The third kappa shape index (κ3) is 6.66. The van der Waals surface area contributed by atoms with E-state index in [1.807, 2.05) is 55.5 Å². The molecule has 0 fully saturated rings. The summed E-state index contributed by atoms with van der Waals surface area (Å²) >= 11 is 14.2. The third-order valence-corrected chi connectivity index (χ3v) is 6.48. The molecule has 0 aliphatic heterocycles. The van der Waals surface area contributed by atoms with Gasteiger partial charge < -0.3 is 14.8 Å². The summed E-state index contributed by atoms with van der Waals surface area (Å²) in [6.07, 6.45) is 1.53. The Morgan fingerprint density at radius 3 is 2.53 bits per heavy atom. The summed E-state index contributed by atoms with van der Waals surface area (Å²) in [5, 5.41) is 13.4. The van der Waals surface area contributed by atoms with Crippen LogP contribution < -0.4 is 14.8 Å². The van der Waals surface area contributed by atoms with Crippen LogP contribution in [-0.2, 0) is 11.4 Å². The van der Waals surface area contributed by atoms with Gasteiger partial charge in [-0.05, 0) is 76.5 Å². The van der Waals surface area contributed by atoms with E-state index in [-0.39, 0.29) is 18.2 Å². The van der Waals surface area contributed by atoms with Gasteiger partial charge >= 0.3 is 0 Å². The number of hydrogen-bond donors (Lipinski definition) is 1. The molecule has 8 heteroatoms. The van der Waals surface area contributed by atoms with Crippen LogP contribution in [0, 0.1) is 14.9 Å². The maximum Gasteiger partial charge on any atom is 0.262 e. The van der Waals surface area contributed by atoms with E-state index in [1.54, 1.807) is 18.2 Å². The van der Waals surface area contributed by atoms with Crippen molar-refractivity contribution < 1.29 is 14.3 Å². The molecule has 0 radical (unpaired) electrons. The van der Waals surface area contributed by atoms with Gasteiger partial charge in [0.2, 0.25) is 0 Å². The van der Waals surface area contributed by atoms with E-state index in [2.05, 4.69) is 27.9 Å². The lowest BCUT2D eigenvalue weighted by atomic mass is 10.1. The fourth-order valence-electron chi connectivity index (χ4n) is 3.16. The lowest BCUT2D eigenvalue weighted by molar-refractivity contribution is -0.117. The van der Waals surface area contributed by atoms with Crippen molar-refractivity contribution in [3.05, 3.63) is 96.5 Å². The highest BCUT2D eigenvalue weighted by molar-refractivity contribution is 14.1. The van der Waals surface area contributed by atoms with Gasteiger partial charge in [-0.1, -0.05) is 59.6 Å². The van der Waals surface area contributed by atoms with Crippen molar-refractivity contribution in [2.45, 2.75) is 19.6 Å². The van der Waals surface area contributed by atoms with Gasteiger partial charge in [0.25, 0.3) is 5.91 Å². The van der Waals surface area contributed by atoms with Crippen molar-refractivity contribution >= 4 is 57.8 Å². The van der Waals surface area contributed by atoms with Crippen LogP contribution in [0.1, 0.15) is 29.7 Å². The van der Waals surface area contributed by atoms with Gasteiger partial charge in [0.05, 0.1) is 26.8 Å². The van der Waals surface area contributed by atoms with Crippen LogP contribution in [0.25, 0.3) is 6.08 Å². The molecule has 0 saturated carbocycles. The zero-order chi connectivity index (χ0) is 24.7. The minimum absolute atomic E-state index is 0.00916. The molecule has 0 aliphatic carbocycles. The van der Waals surface area contributed by atoms with Crippen molar-refractivity contribution in [2.24, 2.45) is 0 Å². The number of ether oxygens (including phenoxy) is 2. The molecule has 0 unspecified atom stereocenters. The Hall–Kier alpha value is -2.73. The number of carbonyl (C=O) groups is 1. The first-order valence-corrected chi connectivity index (χ1v) is 12.1. The number of rotatable bonds is 8. The summed E-state index contributed by atoms with van der Waals surface area (Å²) in [5.74, 6) is 0.577. The first-order chi connectivity index (χ1) is 16.3. The van der Waals surface area contributed by atoms with Gasteiger partial charge in [-0.2, -0.15) is 5.26 Å². The first kappa shape index (κ1) is 25.9. The topological polar surface area (TPSA) is 71.3 Å². The van der Waals surface area contributed by atoms with Crippen LogP contribution in [0.3, 0.4) is 0 Å². The summed E-state index contributed by atoms with van der Waals surface area (Å²) in [6.45, 7) is 2.13. The fourth-order valence-corrected chi connectivity index (χ4v) is 4.26. The summed E-state index contributed by atoms with van der Waals surface area (Å²) in [4.78, 5) is 12.7. The number of hydrogen-bond acceptors (Lipinski definition) is 4. The Balaban J connectivity index is 1.79. The monoisotopic (exact) mass is 606 g/mol. The van der Waals surface area contributed by atoms with E-state index in [9.17, 15) is 10.1 Å². The Kier molecular flexibility index (Phi) is 9.22. The van der Waals surface area contributed by atoms with E-state index in [0.29, 0.717) is 27.1 Å². The van der Waals surface area contributed by atoms with E-state index in [1.165, 1.54) is 13.2 Å². The lowest BCUT2D eigenvalue weighted by Gasteiger charge is -2.15. The highest BCUT2D eigenvalue weighted by Crippen LogP contribution is 2.35. The normalized spacial score (nSPS) is 11.9. The lowest BCUT2D eigenvalue weighted by Crippen LogP contribution is -2.27. The molecule has 5 nitrogen and oxygen atoms in total. The summed E-state index contributed by atoms with van der Waals surface area (Å²) in [5.41, 5.74) is 2.44. The third-order valence-electron chi connectivity index (χ3n) is 4.94. The largest absolute Gasteiger partial charge is 0.493 e. The molecule has 3 aromatic carbocycles. The van der Waals surface area contributed by atoms with E-state index < -0.39 is 5.91 Å². The van der Waals surface area contributed by atoms with Crippen LogP contribution >= 0.6 is 45.8 Å². The zero-order valence-electron chi connectivity index (χ0n) is 18.4. The standard InChI is InChI=1S/C26H21Cl2IN2O3/c1-16(19-6-4-3-5-7-19)31-26(32)20(14-30)10-18-12-23(29)25(24(13-18)33-2)34-15-17-8-9-21(27)22(28)11-17/h3-13,16H,15H2,1-2H3,(H,31,32)/b20-10-/t16-/m0/s1. The molecule has 0 bridgehead atoms. The van der Waals surface area contributed by atoms with Crippen molar-refractivity contribution in [2.75, 3.05) is 7.11 Å². The molecule has 1 atom stereocenters. The van der Waals surface area contributed by atoms with Gasteiger partial charge in [0.15, 0.2) is 11.5 Å². The Labute approximate surface area is 222 Å². The molecule has 0 aromatic heterocycles. The average molecular weight is 607 g/mol. The Morgan fingerprint density at radius 1 is 1.15 bits per heavy atom. The fraction of sp³-hybridized carbons (Fsp3) is 0.154. The molecule has 3 aromatic rings. The van der Waals surface area contributed by atoms with Crippen LogP contribution in [0.5, 0.6) is 11.5 Å². The van der Waals surface area contributed by atoms with Gasteiger partial charge in [0, 0.05) is 0 Å². The van der Waals surface area contributed by atoms with E-state index in [0.717, 1.165) is 14.7 Å². The van der Waals surface area contributed by atoms with Gasteiger partial charge in [0.1, 0.15) is 18.2 Å². The maximum atomic E-state index is 12.7. The van der Waals surface area contributed by atoms with Gasteiger partial charge in [-0.25, -0.2) is 0 Å². The van der Waals surface area contributed by atoms with Crippen molar-refractivity contribution in [3.8, 4) is 17.6 Å². The number of nitriles is 1. The molecule has 0 saturated heterocycles. The molecule has 0 heterocycles. The number of halogens is 3. The van der Waals surface area contributed by atoms with E-state index >= 15 is 0 Å². The smallest absolute Gasteiger partial charge is 0.262 e.